The van der Waals surface area contributed by atoms with Gasteiger partial charge in [-0.15, -0.1) is 11.8 Å². The standard InChI is InChI=1S/C27H30N2S2/c1-28-17-8-7-11-22(28)16-18-29-24-12-5-6-13-26(24)31-27-15-14-23(19-25(27)29)30-20-21-9-3-2-4-10-21/h2-6,9-10,12-15,19,22H,7-8,11,16-18,20H2,1H3. The quantitative estimate of drug-likeness (QED) is 0.362. The van der Waals surface area contributed by atoms with E-state index >= 15 is 0 Å². The number of likely N-dealkylation sites (tertiary alicyclic amines) is 1. The molecule has 1 saturated heterocycles. The lowest BCUT2D eigenvalue weighted by Gasteiger charge is -2.37. The molecule has 160 valence electrons. The summed E-state index contributed by atoms with van der Waals surface area (Å²) in [7, 11) is 2.30. The van der Waals surface area contributed by atoms with Crippen molar-refractivity contribution in [3.05, 3.63) is 78.4 Å². The molecular formula is C27H30N2S2. The van der Waals surface area contributed by atoms with Crippen LogP contribution in [0.1, 0.15) is 31.2 Å². The average molecular weight is 447 g/mol. The Bertz CT molecular complexity index is 1020. The van der Waals surface area contributed by atoms with Gasteiger partial charge in [0.05, 0.1) is 11.4 Å². The number of benzene rings is 3. The smallest absolute Gasteiger partial charge is 0.0564 e. The topological polar surface area (TPSA) is 6.48 Å². The summed E-state index contributed by atoms with van der Waals surface area (Å²) in [5.41, 5.74) is 4.12. The van der Waals surface area contributed by atoms with Crippen LogP contribution in [-0.4, -0.2) is 31.1 Å². The number of anilines is 2. The van der Waals surface area contributed by atoms with Crippen molar-refractivity contribution in [2.24, 2.45) is 0 Å². The van der Waals surface area contributed by atoms with Crippen LogP contribution in [0.25, 0.3) is 0 Å². The minimum absolute atomic E-state index is 0.703. The van der Waals surface area contributed by atoms with Crippen LogP contribution in [0.15, 0.2) is 87.5 Å². The fourth-order valence-corrected chi connectivity index (χ4v) is 6.63. The van der Waals surface area contributed by atoms with Gasteiger partial charge < -0.3 is 9.80 Å². The van der Waals surface area contributed by atoms with Crippen LogP contribution < -0.4 is 4.90 Å². The Kier molecular flexibility index (Phi) is 6.58. The molecule has 0 N–H and O–H groups in total. The Hall–Kier alpha value is -1.88. The fraction of sp³-hybridized carbons (Fsp3) is 0.333. The molecule has 3 aromatic carbocycles. The molecule has 0 aromatic heterocycles. The molecule has 2 heterocycles. The molecule has 1 unspecified atom stereocenters. The lowest BCUT2D eigenvalue weighted by molar-refractivity contribution is 0.178. The minimum Gasteiger partial charge on any atom is -0.340 e. The predicted octanol–water partition coefficient (Wildman–Crippen LogP) is 7.46. The van der Waals surface area contributed by atoms with E-state index in [1.807, 2.05) is 23.5 Å². The molecule has 4 heteroatoms. The highest BCUT2D eigenvalue weighted by Gasteiger charge is 2.26. The third-order valence-corrected chi connectivity index (χ3v) is 8.65. The Labute approximate surface area is 195 Å². The van der Waals surface area contributed by atoms with Crippen molar-refractivity contribution in [2.45, 2.75) is 52.2 Å². The predicted molar refractivity (Wildman–Crippen MR) is 135 cm³/mol. The number of piperidine rings is 1. The molecule has 31 heavy (non-hydrogen) atoms. The van der Waals surface area contributed by atoms with E-state index in [2.05, 4.69) is 89.6 Å². The second-order valence-corrected chi connectivity index (χ2v) is 10.7. The molecule has 2 nitrogen and oxygen atoms in total. The molecule has 1 fully saturated rings. The van der Waals surface area contributed by atoms with Crippen LogP contribution in [-0.2, 0) is 5.75 Å². The zero-order valence-corrected chi connectivity index (χ0v) is 19.8. The second kappa shape index (κ2) is 9.72. The van der Waals surface area contributed by atoms with Gasteiger partial charge in [0.25, 0.3) is 0 Å². The maximum atomic E-state index is 2.58. The first-order valence-corrected chi connectivity index (χ1v) is 13.1. The second-order valence-electron chi connectivity index (χ2n) is 8.54. The molecule has 0 saturated carbocycles. The molecule has 2 aliphatic rings. The van der Waals surface area contributed by atoms with Crippen molar-refractivity contribution in [2.75, 3.05) is 25.0 Å². The first-order valence-electron chi connectivity index (χ1n) is 11.3. The van der Waals surface area contributed by atoms with Gasteiger partial charge in [0.1, 0.15) is 0 Å². The molecule has 1 atom stereocenters. The van der Waals surface area contributed by atoms with Crippen LogP contribution in [0.5, 0.6) is 0 Å². The molecule has 0 spiro atoms. The Morgan fingerprint density at radius 3 is 2.58 bits per heavy atom. The van der Waals surface area contributed by atoms with E-state index < -0.39 is 0 Å². The molecule has 0 amide bonds. The SMILES string of the molecule is CN1CCCCC1CCN1c2ccccc2Sc2ccc(SCc3ccccc3)cc21. The van der Waals surface area contributed by atoms with Crippen LogP contribution in [0, 0.1) is 0 Å². The summed E-state index contributed by atoms with van der Waals surface area (Å²) >= 11 is 3.84. The summed E-state index contributed by atoms with van der Waals surface area (Å²) in [6.07, 6.45) is 5.27. The van der Waals surface area contributed by atoms with Crippen LogP contribution in [0.3, 0.4) is 0 Å². The van der Waals surface area contributed by atoms with Crippen molar-refractivity contribution in [1.29, 1.82) is 0 Å². The number of rotatable bonds is 6. The zero-order valence-electron chi connectivity index (χ0n) is 18.2. The lowest BCUT2D eigenvalue weighted by atomic mass is 9.99. The van der Waals surface area contributed by atoms with E-state index in [1.165, 1.54) is 63.9 Å². The molecule has 2 aliphatic heterocycles. The maximum Gasteiger partial charge on any atom is 0.0564 e. The highest BCUT2D eigenvalue weighted by Crippen LogP contribution is 2.49. The number of thioether (sulfide) groups is 1. The van der Waals surface area contributed by atoms with Crippen molar-refractivity contribution < 1.29 is 0 Å². The summed E-state index contributed by atoms with van der Waals surface area (Å²) in [6, 6.07) is 27.4. The molecule has 0 bridgehead atoms. The van der Waals surface area contributed by atoms with Crippen LogP contribution >= 0.6 is 23.5 Å². The summed E-state index contributed by atoms with van der Waals surface area (Å²) in [4.78, 5) is 9.25. The van der Waals surface area contributed by atoms with Gasteiger partial charge in [-0.2, -0.15) is 0 Å². The van der Waals surface area contributed by atoms with Gasteiger partial charge in [-0.25, -0.2) is 0 Å². The summed E-state index contributed by atoms with van der Waals surface area (Å²) < 4.78 is 0. The van der Waals surface area contributed by atoms with E-state index in [9.17, 15) is 0 Å². The van der Waals surface area contributed by atoms with Gasteiger partial charge in [-0.3, -0.25) is 0 Å². The van der Waals surface area contributed by atoms with Crippen LogP contribution in [0.2, 0.25) is 0 Å². The van der Waals surface area contributed by atoms with Crippen molar-refractivity contribution in [3.63, 3.8) is 0 Å². The summed E-state index contributed by atoms with van der Waals surface area (Å²) in [6.45, 7) is 2.32. The Morgan fingerprint density at radius 1 is 0.903 bits per heavy atom. The number of nitrogens with zero attached hydrogens (tertiary/aromatic N) is 2. The van der Waals surface area contributed by atoms with Crippen molar-refractivity contribution >= 4 is 34.9 Å². The third kappa shape index (κ3) is 4.82. The highest BCUT2D eigenvalue weighted by molar-refractivity contribution is 8.00. The number of para-hydroxylation sites is 1. The first kappa shape index (κ1) is 21.0. The highest BCUT2D eigenvalue weighted by atomic mass is 32.2. The zero-order chi connectivity index (χ0) is 21.0. The van der Waals surface area contributed by atoms with Gasteiger partial charge in [-0.05, 0) is 68.8 Å². The first-order chi connectivity index (χ1) is 15.3. The molecule has 0 radical (unpaired) electrons. The number of hydrogen-bond acceptors (Lipinski definition) is 4. The van der Waals surface area contributed by atoms with E-state index in [0.717, 1.165) is 12.3 Å². The van der Waals surface area contributed by atoms with E-state index in [-0.39, 0.29) is 0 Å². The van der Waals surface area contributed by atoms with Gasteiger partial charge in [-0.1, -0.05) is 60.6 Å². The molecule has 0 aliphatic carbocycles. The fourth-order valence-electron chi connectivity index (χ4n) is 4.67. The van der Waals surface area contributed by atoms with Crippen LogP contribution in [0.4, 0.5) is 11.4 Å². The maximum absolute atomic E-state index is 2.58. The summed E-state index contributed by atoms with van der Waals surface area (Å²) in [5, 5.41) is 0. The normalized spacial score (nSPS) is 18.5. The average Bonchev–Trinajstić information content (AvgIpc) is 2.82. The number of fused-ring (bicyclic) bond motifs is 2. The van der Waals surface area contributed by atoms with Gasteiger partial charge in [0.15, 0.2) is 0 Å². The minimum atomic E-state index is 0.703. The Morgan fingerprint density at radius 2 is 1.71 bits per heavy atom. The summed E-state index contributed by atoms with van der Waals surface area (Å²) in [5.74, 6) is 1.01. The third-order valence-electron chi connectivity index (χ3n) is 6.45. The van der Waals surface area contributed by atoms with E-state index in [1.54, 1.807) is 0 Å². The molecule has 3 aromatic rings. The van der Waals surface area contributed by atoms with Crippen molar-refractivity contribution in [3.8, 4) is 0 Å². The lowest BCUT2D eigenvalue weighted by Crippen LogP contribution is -2.38. The number of hydrogen-bond donors (Lipinski definition) is 0. The van der Waals surface area contributed by atoms with E-state index in [0.29, 0.717) is 6.04 Å². The van der Waals surface area contributed by atoms with Crippen molar-refractivity contribution in [1.82, 2.24) is 4.90 Å². The molecule has 5 rings (SSSR count). The van der Waals surface area contributed by atoms with Gasteiger partial charge >= 0.3 is 0 Å². The van der Waals surface area contributed by atoms with Gasteiger partial charge in [0.2, 0.25) is 0 Å². The van der Waals surface area contributed by atoms with E-state index in [4.69, 9.17) is 0 Å². The largest absolute Gasteiger partial charge is 0.340 e. The monoisotopic (exact) mass is 446 g/mol. The van der Waals surface area contributed by atoms with Gasteiger partial charge in [0, 0.05) is 33.0 Å². The molecular weight excluding hydrogens is 416 g/mol. The Balaban J connectivity index is 1.38.